The maximum Gasteiger partial charge on any atom is 0.267 e. The van der Waals surface area contributed by atoms with Gasteiger partial charge in [-0.05, 0) is 37.7 Å². The molecule has 0 bridgehead atoms. The van der Waals surface area contributed by atoms with E-state index in [2.05, 4.69) is 12.2 Å². The van der Waals surface area contributed by atoms with Gasteiger partial charge in [-0.25, -0.2) is 0 Å². The first kappa shape index (κ1) is 14.0. The van der Waals surface area contributed by atoms with Crippen LogP contribution < -0.4 is 11.1 Å². The fraction of sp³-hybridized carbons (Fsp3) is 0.667. The van der Waals surface area contributed by atoms with Crippen LogP contribution in [0, 0.1) is 11.8 Å². The normalized spacial score (nSPS) is 23.3. The maximum absolute atomic E-state index is 12.2. The van der Waals surface area contributed by atoms with Crippen molar-refractivity contribution in [3.8, 4) is 0 Å². The summed E-state index contributed by atoms with van der Waals surface area (Å²) in [5.41, 5.74) is 7.07. The van der Waals surface area contributed by atoms with Crippen molar-refractivity contribution in [2.45, 2.75) is 46.1 Å². The number of aryl methyl sites for hydroxylation is 1. The molecule has 0 spiro atoms. The van der Waals surface area contributed by atoms with E-state index in [1.54, 1.807) is 6.07 Å². The van der Waals surface area contributed by atoms with Gasteiger partial charge < -0.3 is 15.6 Å². The Bertz CT molecular complexity index is 431. The van der Waals surface area contributed by atoms with Crippen molar-refractivity contribution in [3.63, 3.8) is 0 Å². The molecular formula is C15H25N3O. The predicted molar refractivity (Wildman–Crippen MR) is 78.0 cm³/mol. The summed E-state index contributed by atoms with van der Waals surface area (Å²) in [6.45, 7) is 5.88. The standard InChI is InChI=1S/C15H25N3O/c1-3-18-10-13(16)8-14(18)15(19)17-9-12-6-4-11(2)5-7-12/h8,10-12H,3-7,9,16H2,1-2H3,(H,17,19). The van der Waals surface area contributed by atoms with Crippen molar-refractivity contribution in [2.24, 2.45) is 11.8 Å². The molecule has 0 atom stereocenters. The van der Waals surface area contributed by atoms with Gasteiger partial charge in [0, 0.05) is 19.3 Å². The Morgan fingerprint density at radius 1 is 1.42 bits per heavy atom. The molecule has 2 rings (SSSR count). The van der Waals surface area contributed by atoms with Crippen LogP contribution in [-0.2, 0) is 6.54 Å². The minimum atomic E-state index is -0.00262. The van der Waals surface area contributed by atoms with E-state index >= 15 is 0 Å². The van der Waals surface area contributed by atoms with Gasteiger partial charge in [-0.3, -0.25) is 4.79 Å². The van der Waals surface area contributed by atoms with Crippen LogP contribution in [0.15, 0.2) is 12.3 Å². The van der Waals surface area contributed by atoms with Crippen LogP contribution in [0.2, 0.25) is 0 Å². The van der Waals surface area contributed by atoms with Gasteiger partial charge in [0.25, 0.3) is 5.91 Å². The molecule has 1 saturated carbocycles. The molecule has 0 radical (unpaired) electrons. The summed E-state index contributed by atoms with van der Waals surface area (Å²) in [7, 11) is 0. The van der Waals surface area contributed by atoms with Crippen molar-refractivity contribution in [3.05, 3.63) is 18.0 Å². The Morgan fingerprint density at radius 3 is 2.74 bits per heavy atom. The largest absolute Gasteiger partial charge is 0.397 e. The number of nitrogens with two attached hydrogens (primary N) is 1. The molecule has 1 aromatic heterocycles. The summed E-state index contributed by atoms with van der Waals surface area (Å²) < 4.78 is 1.90. The van der Waals surface area contributed by atoms with Crippen molar-refractivity contribution in [2.75, 3.05) is 12.3 Å². The second kappa shape index (κ2) is 6.13. The Hall–Kier alpha value is -1.45. The third-order valence-corrected chi connectivity index (χ3v) is 4.18. The number of hydrogen-bond donors (Lipinski definition) is 2. The number of nitrogens with zero attached hydrogens (tertiary/aromatic N) is 1. The highest BCUT2D eigenvalue weighted by Crippen LogP contribution is 2.27. The molecule has 0 saturated heterocycles. The smallest absolute Gasteiger partial charge is 0.267 e. The summed E-state index contributed by atoms with van der Waals surface area (Å²) in [5, 5.41) is 3.06. The number of carbonyl (C=O) groups is 1. The molecule has 1 aromatic rings. The van der Waals surface area contributed by atoms with Crippen LogP contribution in [0.4, 0.5) is 5.69 Å². The highest BCUT2D eigenvalue weighted by molar-refractivity contribution is 5.93. The topological polar surface area (TPSA) is 60.0 Å². The molecule has 4 heteroatoms. The van der Waals surface area contributed by atoms with E-state index in [0.717, 1.165) is 19.0 Å². The quantitative estimate of drug-likeness (QED) is 0.877. The SMILES string of the molecule is CCn1cc(N)cc1C(=O)NCC1CCC(C)CC1. The minimum absolute atomic E-state index is 0.00262. The molecule has 3 N–H and O–H groups in total. The van der Waals surface area contributed by atoms with E-state index in [-0.39, 0.29) is 5.91 Å². The van der Waals surface area contributed by atoms with E-state index in [0.29, 0.717) is 17.3 Å². The summed E-state index contributed by atoms with van der Waals surface area (Å²) in [6.07, 6.45) is 6.87. The zero-order chi connectivity index (χ0) is 13.8. The lowest BCUT2D eigenvalue weighted by molar-refractivity contribution is 0.0932. The number of carbonyl (C=O) groups excluding carboxylic acids is 1. The van der Waals surface area contributed by atoms with Crippen LogP contribution in [-0.4, -0.2) is 17.0 Å². The van der Waals surface area contributed by atoms with E-state index in [9.17, 15) is 4.79 Å². The fourth-order valence-electron chi connectivity index (χ4n) is 2.85. The zero-order valence-corrected chi connectivity index (χ0v) is 12.0. The number of nitrogens with one attached hydrogen (secondary N) is 1. The van der Waals surface area contributed by atoms with Crippen molar-refractivity contribution >= 4 is 11.6 Å². The van der Waals surface area contributed by atoms with Crippen molar-refractivity contribution in [1.82, 2.24) is 9.88 Å². The van der Waals surface area contributed by atoms with E-state index in [4.69, 9.17) is 5.73 Å². The summed E-state index contributed by atoms with van der Waals surface area (Å²) in [5.74, 6) is 1.49. The maximum atomic E-state index is 12.2. The second-order valence-corrected chi connectivity index (χ2v) is 5.78. The number of anilines is 1. The van der Waals surface area contributed by atoms with Gasteiger partial charge in [0.2, 0.25) is 0 Å². The van der Waals surface area contributed by atoms with E-state index in [1.165, 1.54) is 25.7 Å². The first-order valence-corrected chi connectivity index (χ1v) is 7.34. The first-order valence-electron chi connectivity index (χ1n) is 7.34. The van der Waals surface area contributed by atoms with Gasteiger partial charge in [0.05, 0.1) is 5.69 Å². The van der Waals surface area contributed by atoms with Crippen LogP contribution in [0.5, 0.6) is 0 Å². The molecule has 1 heterocycles. The number of rotatable bonds is 4. The Kier molecular flexibility index (Phi) is 4.51. The molecule has 4 nitrogen and oxygen atoms in total. The molecule has 106 valence electrons. The number of nitrogen functional groups attached to an aromatic ring is 1. The van der Waals surface area contributed by atoms with Gasteiger partial charge >= 0.3 is 0 Å². The zero-order valence-electron chi connectivity index (χ0n) is 12.0. The molecular weight excluding hydrogens is 238 g/mol. The Morgan fingerprint density at radius 2 is 2.11 bits per heavy atom. The van der Waals surface area contributed by atoms with E-state index in [1.807, 2.05) is 17.7 Å². The molecule has 1 aliphatic rings. The average Bonchev–Trinajstić information content (AvgIpc) is 2.79. The summed E-state index contributed by atoms with van der Waals surface area (Å²) in [6, 6.07) is 1.75. The van der Waals surface area contributed by atoms with Crippen molar-refractivity contribution in [1.29, 1.82) is 0 Å². The third-order valence-electron chi connectivity index (χ3n) is 4.18. The number of amides is 1. The summed E-state index contributed by atoms with van der Waals surface area (Å²) in [4.78, 5) is 12.2. The highest BCUT2D eigenvalue weighted by Gasteiger charge is 2.19. The average molecular weight is 263 g/mol. The lowest BCUT2D eigenvalue weighted by atomic mass is 9.83. The van der Waals surface area contributed by atoms with Gasteiger partial charge in [-0.15, -0.1) is 0 Å². The van der Waals surface area contributed by atoms with Gasteiger partial charge in [-0.2, -0.15) is 0 Å². The lowest BCUT2D eigenvalue weighted by Crippen LogP contribution is -2.32. The molecule has 1 fully saturated rings. The fourth-order valence-corrected chi connectivity index (χ4v) is 2.85. The van der Waals surface area contributed by atoms with Crippen LogP contribution in [0.3, 0.4) is 0 Å². The number of aromatic nitrogens is 1. The predicted octanol–water partition coefficient (Wildman–Crippen LogP) is 2.65. The van der Waals surface area contributed by atoms with Crippen LogP contribution in [0.1, 0.15) is 50.0 Å². The molecule has 1 aliphatic carbocycles. The van der Waals surface area contributed by atoms with Gasteiger partial charge in [-0.1, -0.05) is 19.8 Å². The van der Waals surface area contributed by atoms with Gasteiger partial charge in [0.1, 0.15) is 5.69 Å². The number of hydrogen-bond acceptors (Lipinski definition) is 2. The monoisotopic (exact) mass is 263 g/mol. The Balaban J connectivity index is 1.87. The second-order valence-electron chi connectivity index (χ2n) is 5.78. The van der Waals surface area contributed by atoms with E-state index < -0.39 is 0 Å². The third kappa shape index (κ3) is 3.52. The Labute approximate surface area is 115 Å². The first-order chi connectivity index (χ1) is 9.10. The minimum Gasteiger partial charge on any atom is -0.397 e. The van der Waals surface area contributed by atoms with Crippen LogP contribution in [0.25, 0.3) is 0 Å². The highest BCUT2D eigenvalue weighted by atomic mass is 16.1. The molecule has 0 aromatic carbocycles. The van der Waals surface area contributed by atoms with Crippen LogP contribution >= 0.6 is 0 Å². The lowest BCUT2D eigenvalue weighted by Gasteiger charge is -2.26. The molecule has 19 heavy (non-hydrogen) atoms. The van der Waals surface area contributed by atoms with Gasteiger partial charge in [0.15, 0.2) is 0 Å². The molecule has 1 amide bonds. The van der Waals surface area contributed by atoms with Crippen molar-refractivity contribution < 1.29 is 4.79 Å². The summed E-state index contributed by atoms with van der Waals surface area (Å²) >= 11 is 0. The molecule has 0 aliphatic heterocycles. The molecule has 0 unspecified atom stereocenters.